The summed E-state index contributed by atoms with van der Waals surface area (Å²) in [6.45, 7) is 9.17. The molecule has 0 saturated carbocycles. The maximum absolute atomic E-state index is 8.18. The molecule has 0 aliphatic carbocycles. The Morgan fingerprint density at radius 1 is 1.12 bits per heavy atom. The van der Waals surface area contributed by atoms with Gasteiger partial charge in [-0.1, -0.05) is 5.11 Å². The first-order chi connectivity index (χ1) is 7.33. The van der Waals surface area contributed by atoms with Crippen LogP contribution in [0.2, 0.25) is 0 Å². The van der Waals surface area contributed by atoms with E-state index < -0.39 is 0 Å². The summed E-state index contributed by atoms with van der Waals surface area (Å²) < 4.78 is 11.1. The van der Waals surface area contributed by atoms with Gasteiger partial charge in [0.15, 0.2) is 0 Å². The van der Waals surface area contributed by atoms with Crippen molar-refractivity contribution in [3.8, 4) is 0 Å². The SMILES string of the molecule is COC(C)(C)CCOC(C)(C)CCN=[N+]=[N-]. The molecule has 0 bridgehead atoms. The number of nitrogens with zero attached hydrogens (tertiary/aromatic N) is 3. The molecule has 0 atom stereocenters. The molecule has 0 spiro atoms. The highest BCUT2D eigenvalue weighted by Gasteiger charge is 2.21. The van der Waals surface area contributed by atoms with Crippen LogP contribution in [0.4, 0.5) is 0 Å². The van der Waals surface area contributed by atoms with Gasteiger partial charge in [-0.25, -0.2) is 0 Å². The van der Waals surface area contributed by atoms with Gasteiger partial charge in [0.05, 0.1) is 17.8 Å². The Balaban J connectivity index is 3.85. The largest absolute Gasteiger partial charge is 0.379 e. The van der Waals surface area contributed by atoms with E-state index >= 15 is 0 Å². The Hall–Kier alpha value is -0.770. The average molecular weight is 229 g/mol. The maximum atomic E-state index is 8.18. The molecule has 0 radical (unpaired) electrons. The summed E-state index contributed by atoms with van der Waals surface area (Å²) in [5.74, 6) is 0. The quantitative estimate of drug-likeness (QED) is 0.364. The molecule has 0 N–H and O–H groups in total. The Morgan fingerprint density at radius 2 is 1.75 bits per heavy atom. The number of hydrogen-bond acceptors (Lipinski definition) is 3. The van der Waals surface area contributed by atoms with Crippen LogP contribution in [0.1, 0.15) is 40.5 Å². The van der Waals surface area contributed by atoms with Crippen LogP contribution < -0.4 is 0 Å². The zero-order chi connectivity index (χ0) is 12.7. The molecule has 94 valence electrons. The van der Waals surface area contributed by atoms with Crippen LogP contribution in [0.3, 0.4) is 0 Å². The zero-order valence-electron chi connectivity index (χ0n) is 11.0. The van der Waals surface area contributed by atoms with E-state index in [-0.39, 0.29) is 11.2 Å². The third kappa shape index (κ3) is 7.51. The molecule has 0 fully saturated rings. The fraction of sp³-hybridized carbons (Fsp3) is 1.00. The van der Waals surface area contributed by atoms with E-state index in [0.29, 0.717) is 13.2 Å². The van der Waals surface area contributed by atoms with E-state index in [4.69, 9.17) is 15.0 Å². The summed E-state index contributed by atoms with van der Waals surface area (Å²) in [6.07, 6.45) is 1.57. The summed E-state index contributed by atoms with van der Waals surface area (Å²) in [5, 5.41) is 3.51. The van der Waals surface area contributed by atoms with Gasteiger partial charge in [-0.15, -0.1) is 0 Å². The van der Waals surface area contributed by atoms with Crippen molar-refractivity contribution < 1.29 is 9.47 Å². The first-order valence-corrected chi connectivity index (χ1v) is 5.53. The monoisotopic (exact) mass is 229 g/mol. The third-order valence-corrected chi connectivity index (χ3v) is 2.63. The van der Waals surface area contributed by atoms with Crippen LogP contribution in [-0.4, -0.2) is 31.5 Å². The second-order valence-corrected chi connectivity index (χ2v) is 5.03. The van der Waals surface area contributed by atoms with Crippen LogP contribution >= 0.6 is 0 Å². The van der Waals surface area contributed by atoms with Crippen molar-refractivity contribution in [1.82, 2.24) is 0 Å². The zero-order valence-corrected chi connectivity index (χ0v) is 11.0. The molecule has 0 aromatic rings. The molecular weight excluding hydrogens is 206 g/mol. The van der Waals surface area contributed by atoms with Gasteiger partial charge < -0.3 is 9.47 Å². The first kappa shape index (κ1) is 15.2. The highest BCUT2D eigenvalue weighted by atomic mass is 16.5. The van der Waals surface area contributed by atoms with E-state index in [1.807, 2.05) is 27.7 Å². The van der Waals surface area contributed by atoms with Crippen LogP contribution in [0, 0.1) is 0 Å². The van der Waals surface area contributed by atoms with Crippen molar-refractivity contribution in [1.29, 1.82) is 0 Å². The molecule has 5 nitrogen and oxygen atoms in total. The smallest absolute Gasteiger partial charge is 0.0644 e. The number of rotatable bonds is 8. The molecule has 0 aromatic carbocycles. The highest BCUT2D eigenvalue weighted by molar-refractivity contribution is 4.72. The normalized spacial score (nSPS) is 12.3. The van der Waals surface area contributed by atoms with E-state index in [1.165, 1.54) is 0 Å². The van der Waals surface area contributed by atoms with E-state index in [9.17, 15) is 0 Å². The predicted octanol–water partition coefficient (Wildman–Crippen LogP) is 3.30. The Labute approximate surface area is 97.7 Å². The van der Waals surface area contributed by atoms with E-state index in [0.717, 1.165) is 12.8 Å². The van der Waals surface area contributed by atoms with Crippen molar-refractivity contribution in [3.63, 3.8) is 0 Å². The molecule has 0 unspecified atom stereocenters. The van der Waals surface area contributed by atoms with Gasteiger partial charge in [-0.3, -0.25) is 0 Å². The van der Waals surface area contributed by atoms with Crippen LogP contribution in [0.5, 0.6) is 0 Å². The van der Waals surface area contributed by atoms with Gasteiger partial charge >= 0.3 is 0 Å². The summed E-state index contributed by atoms with van der Waals surface area (Å²) in [6, 6.07) is 0. The first-order valence-electron chi connectivity index (χ1n) is 5.53. The third-order valence-electron chi connectivity index (χ3n) is 2.63. The van der Waals surface area contributed by atoms with Crippen molar-refractivity contribution in [2.24, 2.45) is 5.11 Å². The lowest BCUT2D eigenvalue weighted by Gasteiger charge is -2.28. The molecule has 0 heterocycles. The molecule has 0 saturated heterocycles. The van der Waals surface area contributed by atoms with Gasteiger partial charge in [0.1, 0.15) is 0 Å². The van der Waals surface area contributed by atoms with Crippen LogP contribution in [0.25, 0.3) is 10.4 Å². The maximum Gasteiger partial charge on any atom is 0.0644 e. The molecule has 0 aliphatic heterocycles. The predicted molar refractivity (Wildman–Crippen MR) is 64.4 cm³/mol. The fourth-order valence-electron chi connectivity index (χ4n) is 1.11. The summed E-state index contributed by atoms with van der Waals surface area (Å²) in [5.41, 5.74) is 7.77. The molecule has 16 heavy (non-hydrogen) atoms. The van der Waals surface area contributed by atoms with Gasteiger partial charge in [-0.2, -0.15) is 0 Å². The molecule has 0 rings (SSSR count). The minimum Gasteiger partial charge on any atom is -0.379 e. The second kappa shape index (κ2) is 6.74. The Bertz CT molecular complexity index is 246. The minimum atomic E-state index is -0.252. The van der Waals surface area contributed by atoms with Gasteiger partial charge in [-0.05, 0) is 46.1 Å². The number of azide groups is 1. The van der Waals surface area contributed by atoms with Crippen molar-refractivity contribution in [3.05, 3.63) is 10.4 Å². The van der Waals surface area contributed by atoms with Gasteiger partial charge in [0.25, 0.3) is 0 Å². The Kier molecular flexibility index (Phi) is 6.41. The second-order valence-electron chi connectivity index (χ2n) is 5.03. The van der Waals surface area contributed by atoms with Crippen molar-refractivity contribution in [2.75, 3.05) is 20.3 Å². The van der Waals surface area contributed by atoms with Gasteiger partial charge in [0.2, 0.25) is 0 Å². The molecule has 5 heteroatoms. The summed E-state index contributed by atoms with van der Waals surface area (Å²) in [4.78, 5) is 2.72. The van der Waals surface area contributed by atoms with Crippen molar-refractivity contribution in [2.45, 2.75) is 51.7 Å². The lowest BCUT2D eigenvalue weighted by atomic mass is 10.0. The standard InChI is InChI=1S/C11H23N3O2/c1-10(2,15-5)7-9-16-11(3,4)6-8-13-14-12/h6-9H2,1-5H3. The minimum absolute atomic E-state index is 0.152. The lowest BCUT2D eigenvalue weighted by Crippen LogP contribution is -2.30. The van der Waals surface area contributed by atoms with Crippen molar-refractivity contribution >= 4 is 0 Å². The lowest BCUT2D eigenvalue weighted by molar-refractivity contribution is -0.0600. The fourth-order valence-corrected chi connectivity index (χ4v) is 1.11. The summed E-state index contributed by atoms with van der Waals surface area (Å²) in [7, 11) is 1.70. The topological polar surface area (TPSA) is 67.2 Å². The van der Waals surface area contributed by atoms with E-state index in [1.54, 1.807) is 7.11 Å². The van der Waals surface area contributed by atoms with Crippen LogP contribution in [-0.2, 0) is 9.47 Å². The highest BCUT2D eigenvalue weighted by Crippen LogP contribution is 2.18. The Morgan fingerprint density at radius 3 is 2.25 bits per heavy atom. The van der Waals surface area contributed by atoms with Crippen LogP contribution in [0.15, 0.2) is 5.11 Å². The molecule has 0 amide bonds. The molecular formula is C11H23N3O2. The number of ether oxygens (including phenoxy) is 2. The van der Waals surface area contributed by atoms with E-state index in [2.05, 4.69) is 10.0 Å². The summed E-state index contributed by atoms with van der Waals surface area (Å²) >= 11 is 0. The molecule has 0 aliphatic rings. The number of methoxy groups -OCH3 is 1. The number of hydrogen-bond donors (Lipinski definition) is 0. The average Bonchev–Trinajstić information content (AvgIpc) is 2.17. The van der Waals surface area contributed by atoms with Gasteiger partial charge in [0, 0.05) is 18.6 Å². The molecule has 0 aromatic heterocycles.